The normalized spacial score (nSPS) is 19.2. The lowest BCUT2D eigenvalue weighted by Gasteiger charge is -2.34. The summed E-state index contributed by atoms with van der Waals surface area (Å²) in [5, 5.41) is 0.199. The predicted octanol–water partition coefficient (Wildman–Crippen LogP) is 2.55. The predicted molar refractivity (Wildman–Crippen MR) is 67.8 cm³/mol. The fourth-order valence-corrected chi connectivity index (χ4v) is 5.42. The monoisotopic (exact) mass is 236 g/mol. The molecule has 88 valence electrons. The molecule has 1 saturated carbocycles. The van der Waals surface area contributed by atoms with Crippen LogP contribution in [0.4, 0.5) is 0 Å². The van der Waals surface area contributed by atoms with Crippen LogP contribution in [0, 0.1) is 0 Å². The van der Waals surface area contributed by atoms with Crippen molar-refractivity contribution < 1.29 is 8.85 Å². The van der Waals surface area contributed by atoms with Crippen molar-refractivity contribution >= 4 is 9.28 Å². The van der Waals surface area contributed by atoms with Crippen LogP contribution in [-0.2, 0) is 13.9 Å². The molecule has 1 fully saturated rings. The molecule has 2 rings (SSSR count). The first-order chi connectivity index (χ1) is 7.83. The van der Waals surface area contributed by atoms with E-state index in [9.17, 15) is 0 Å². The molecule has 1 aromatic rings. The largest absolute Gasteiger partial charge is 0.399 e. The third kappa shape index (κ3) is 1.95. The van der Waals surface area contributed by atoms with Gasteiger partial charge in [0.2, 0.25) is 0 Å². The summed E-state index contributed by atoms with van der Waals surface area (Å²) >= 11 is 0. The van der Waals surface area contributed by atoms with E-state index in [1.54, 1.807) is 14.2 Å². The van der Waals surface area contributed by atoms with Crippen molar-refractivity contribution in [3.8, 4) is 0 Å². The van der Waals surface area contributed by atoms with Gasteiger partial charge >= 0.3 is 9.28 Å². The number of rotatable bonds is 4. The maximum Gasteiger partial charge on any atom is 0.331 e. The Morgan fingerprint density at radius 3 is 2.06 bits per heavy atom. The summed E-state index contributed by atoms with van der Waals surface area (Å²) in [6.07, 6.45) is 5.03. The fraction of sp³-hybridized carbons (Fsp3) is 0.538. The SMILES string of the molecule is CO[SiH](OC)C1(c2ccccc2)CCCC1. The van der Waals surface area contributed by atoms with Crippen LogP contribution in [0.1, 0.15) is 31.2 Å². The first kappa shape index (κ1) is 11.8. The van der Waals surface area contributed by atoms with E-state index in [2.05, 4.69) is 30.3 Å². The zero-order chi connectivity index (χ0) is 11.4. The average molecular weight is 236 g/mol. The minimum Gasteiger partial charge on any atom is -0.399 e. The van der Waals surface area contributed by atoms with Crippen LogP contribution >= 0.6 is 0 Å². The topological polar surface area (TPSA) is 18.5 Å². The maximum atomic E-state index is 5.66. The molecular formula is C13H20O2Si. The van der Waals surface area contributed by atoms with E-state index >= 15 is 0 Å². The lowest BCUT2D eigenvalue weighted by molar-refractivity contribution is 0.240. The van der Waals surface area contributed by atoms with E-state index in [0.717, 1.165) is 0 Å². The summed E-state index contributed by atoms with van der Waals surface area (Å²) in [6, 6.07) is 10.8. The van der Waals surface area contributed by atoms with Crippen LogP contribution in [0.15, 0.2) is 30.3 Å². The van der Waals surface area contributed by atoms with Gasteiger partial charge in [0.1, 0.15) is 0 Å². The molecule has 0 atom stereocenters. The zero-order valence-electron chi connectivity index (χ0n) is 10.1. The summed E-state index contributed by atoms with van der Waals surface area (Å²) in [5.41, 5.74) is 1.41. The van der Waals surface area contributed by atoms with E-state index in [4.69, 9.17) is 8.85 Å². The first-order valence-corrected chi connectivity index (χ1v) is 7.46. The van der Waals surface area contributed by atoms with Gasteiger partial charge in [-0.05, 0) is 18.4 Å². The van der Waals surface area contributed by atoms with Gasteiger partial charge in [0.15, 0.2) is 0 Å². The van der Waals surface area contributed by atoms with Gasteiger partial charge < -0.3 is 8.85 Å². The molecular weight excluding hydrogens is 216 g/mol. The quantitative estimate of drug-likeness (QED) is 0.748. The molecule has 1 aromatic carbocycles. The molecule has 0 unspecified atom stereocenters. The smallest absolute Gasteiger partial charge is 0.331 e. The van der Waals surface area contributed by atoms with Gasteiger partial charge in [-0.2, -0.15) is 0 Å². The number of hydrogen-bond donors (Lipinski definition) is 0. The summed E-state index contributed by atoms with van der Waals surface area (Å²) in [4.78, 5) is 0. The third-order valence-electron chi connectivity index (χ3n) is 3.72. The third-order valence-corrected chi connectivity index (χ3v) is 6.39. The molecule has 0 amide bonds. The van der Waals surface area contributed by atoms with Crippen molar-refractivity contribution in [2.75, 3.05) is 14.2 Å². The zero-order valence-corrected chi connectivity index (χ0v) is 11.3. The van der Waals surface area contributed by atoms with Gasteiger partial charge in [-0.15, -0.1) is 0 Å². The van der Waals surface area contributed by atoms with E-state index in [1.807, 2.05) is 0 Å². The maximum absolute atomic E-state index is 5.66. The van der Waals surface area contributed by atoms with Crippen LogP contribution in [0.25, 0.3) is 0 Å². The molecule has 1 aliphatic rings. The Morgan fingerprint density at radius 2 is 1.56 bits per heavy atom. The minimum absolute atomic E-state index is 0.199. The number of benzene rings is 1. The summed E-state index contributed by atoms with van der Waals surface area (Å²) in [7, 11) is 1.98. The minimum atomic E-state index is -1.61. The molecule has 0 aliphatic heterocycles. The second-order valence-electron chi connectivity index (χ2n) is 4.53. The Morgan fingerprint density at radius 1 is 1.00 bits per heavy atom. The highest BCUT2D eigenvalue weighted by atomic mass is 28.3. The van der Waals surface area contributed by atoms with Crippen LogP contribution in [0.2, 0.25) is 0 Å². The Balaban J connectivity index is 2.35. The Hall–Kier alpha value is -0.643. The summed E-state index contributed by atoms with van der Waals surface area (Å²) in [5.74, 6) is 0. The van der Waals surface area contributed by atoms with Crippen molar-refractivity contribution in [3.63, 3.8) is 0 Å². The molecule has 0 radical (unpaired) electrons. The molecule has 0 bridgehead atoms. The molecule has 0 heterocycles. The van der Waals surface area contributed by atoms with E-state index in [-0.39, 0.29) is 5.04 Å². The van der Waals surface area contributed by atoms with Crippen molar-refractivity contribution in [2.24, 2.45) is 0 Å². The van der Waals surface area contributed by atoms with Crippen molar-refractivity contribution in [1.29, 1.82) is 0 Å². The highest BCUT2D eigenvalue weighted by Crippen LogP contribution is 2.43. The molecule has 0 N–H and O–H groups in total. The molecule has 0 aromatic heterocycles. The molecule has 0 saturated heterocycles. The van der Waals surface area contributed by atoms with E-state index in [0.29, 0.717) is 0 Å². The summed E-state index contributed by atoms with van der Waals surface area (Å²) in [6.45, 7) is 0. The number of hydrogen-bond acceptors (Lipinski definition) is 2. The fourth-order valence-electron chi connectivity index (χ4n) is 2.98. The van der Waals surface area contributed by atoms with Gasteiger partial charge in [-0.25, -0.2) is 0 Å². The van der Waals surface area contributed by atoms with Crippen LogP contribution < -0.4 is 0 Å². The lowest BCUT2D eigenvalue weighted by atomic mass is 9.96. The molecule has 1 aliphatic carbocycles. The second-order valence-corrected chi connectivity index (χ2v) is 7.24. The lowest BCUT2D eigenvalue weighted by Crippen LogP contribution is -2.44. The van der Waals surface area contributed by atoms with Crippen LogP contribution in [0.5, 0.6) is 0 Å². The van der Waals surface area contributed by atoms with Crippen molar-refractivity contribution in [1.82, 2.24) is 0 Å². The van der Waals surface area contributed by atoms with Gasteiger partial charge in [-0.1, -0.05) is 43.2 Å². The van der Waals surface area contributed by atoms with Crippen LogP contribution in [0.3, 0.4) is 0 Å². The van der Waals surface area contributed by atoms with Crippen LogP contribution in [-0.4, -0.2) is 23.5 Å². The second kappa shape index (κ2) is 5.12. The Bertz CT molecular complexity index is 316. The molecule has 3 heteroatoms. The average Bonchev–Trinajstić information content (AvgIpc) is 2.82. The Kier molecular flexibility index (Phi) is 3.79. The van der Waals surface area contributed by atoms with Crippen molar-refractivity contribution in [3.05, 3.63) is 35.9 Å². The van der Waals surface area contributed by atoms with Gasteiger partial charge in [0.25, 0.3) is 0 Å². The highest BCUT2D eigenvalue weighted by Gasteiger charge is 2.45. The Labute approximate surface area is 99.4 Å². The molecule has 2 nitrogen and oxygen atoms in total. The van der Waals surface area contributed by atoms with E-state index in [1.165, 1.54) is 31.2 Å². The highest BCUT2D eigenvalue weighted by molar-refractivity contribution is 6.48. The van der Waals surface area contributed by atoms with Gasteiger partial charge in [-0.3, -0.25) is 0 Å². The van der Waals surface area contributed by atoms with Gasteiger partial charge in [0.05, 0.1) is 0 Å². The van der Waals surface area contributed by atoms with E-state index < -0.39 is 9.28 Å². The summed E-state index contributed by atoms with van der Waals surface area (Å²) < 4.78 is 11.3. The molecule has 16 heavy (non-hydrogen) atoms. The van der Waals surface area contributed by atoms with Gasteiger partial charge in [0, 0.05) is 19.3 Å². The van der Waals surface area contributed by atoms with Crippen molar-refractivity contribution in [2.45, 2.75) is 30.7 Å². The first-order valence-electron chi connectivity index (χ1n) is 5.94. The standard InChI is InChI=1S/C13H20O2Si/c1-14-16(15-2)13(10-6-7-11-13)12-8-4-3-5-9-12/h3-5,8-9,16H,6-7,10-11H2,1-2H3. The molecule has 0 spiro atoms.